The zero-order valence-electron chi connectivity index (χ0n) is 12.3. The van der Waals surface area contributed by atoms with Crippen LogP contribution in [-0.2, 0) is 0 Å². The molecule has 5 heteroatoms. The van der Waals surface area contributed by atoms with Crippen molar-refractivity contribution in [2.24, 2.45) is 5.92 Å². The molecule has 1 fully saturated rings. The SMILES string of the molecule is CNc1nccc(C(=O)N(CCC(C)C)C2CC2)c1F. The topological polar surface area (TPSA) is 45.2 Å². The van der Waals surface area contributed by atoms with Crippen molar-refractivity contribution >= 4 is 11.7 Å². The Morgan fingerprint density at radius 1 is 1.55 bits per heavy atom. The van der Waals surface area contributed by atoms with Gasteiger partial charge < -0.3 is 10.2 Å². The molecule has 1 N–H and O–H groups in total. The van der Waals surface area contributed by atoms with Crippen molar-refractivity contribution in [1.82, 2.24) is 9.88 Å². The lowest BCUT2D eigenvalue weighted by Crippen LogP contribution is -2.35. The first-order valence-corrected chi connectivity index (χ1v) is 7.17. The lowest BCUT2D eigenvalue weighted by molar-refractivity contribution is 0.0730. The predicted octanol–water partition coefficient (Wildman–Crippen LogP) is 2.91. The van der Waals surface area contributed by atoms with E-state index in [0.717, 1.165) is 19.3 Å². The smallest absolute Gasteiger partial charge is 0.257 e. The fourth-order valence-electron chi connectivity index (χ4n) is 2.17. The van der Waals surface area contributed by atoms with Gasteiger partial charge in [0.25, 0.3) is 5.91 Å². The molecule has 1 heterocycles. The molecule has 1 amide bonds. The Bertz CT molecular complexity index is 486. The van der Waals surface area contributed by atoms with Crippen molar-refractivity contribution in [2.75, 3.05) is 18.9 Å². The molecule has 1 aliphatic carbocycles. The number of hydrogen-bond donors (Lipinski definition) is 1. The third kappa shape index (κ3) is 3.26. The molecular formula is C15H22FN3O. The van der Waals surface area contributed by atoms with Crippen LogP contribution in [0.1, 0.15) is 43.5 Å². The first-order valence-electron chi connectivity index (χ1n) is 7.17. The molecule has 0 spiro atoms. The number of halogens is 1. The number of carbonyl (C=O) groups excluding carboxylic acids is 1. The highest BCUT2D eigenvalue weighted by Gasteiger charge is 2.34. The van der Waals surface area contributed by atoms with E-state index in [0.29, 0.717) is 12.5 Å². The highest BCUT2D eigenvalue weighted by Crippen LogP contribution is 2.29. The average Bonchev–Trinajstić information content (AvgIpc) is 3.23. The second-order valence-electron chi connectivity index (χ2n) is 5.68. The largest absolute Gasteiger partial charge is 0.371 e. The molecule has 110 valence electrons. The quantitative estimate of drug-likeness (QED) is 0.871. The molecule has 0 unspecified atom stereocenters. The molecular weight excluding hydrogens is 257 g/mol. The van der Waals surface area contributed by atoms with Gasteiger partial charge in [0.15, 0.2) is 11.6 Å². The minimum Gasteiger partial charge on any atom is -0.371 e. The minimum absolute atomic E-state index is 0.111. The van der Waals surface area contributed by atoms with E-state index in [4.69, 9.17) is 0 Å². The molecule has 1 aliphatic rings. The summed E-state index contributed by atoms with van der Waals surface area (Å²) >= 11 is 0. The molecule has 0 radical (unpaired) electrons. The van der Waals surface area contributed by atoms with Crippen molar-refractivity contribution in [1.29, 1.82) is 0 Å². The number of anilines is 1. The van der Waals surface area contributed by atoms with E-state index in [2.05, 4.69) is 24.1 Å². The monoisotopic (exact) mass is 279 g/mol. The van der Waals surface area contributed by atoms with Crippen LogP contribution in [0.4, 0.5) is 10.2 Å². The summed E-state index contributed by atoms with van der Waals surface area (Å²) in [5, 5.41) is 2.67. The fraction of sp³-hybridized carbons (Fsp3) is 0.600. The molecule has 0 aromatic carbocycles. The summed E-state index contributed by atoms with van der Waals surface area (Å²) in [4.78, 5) is 18.3. The van der Waals surface area contributed by atoms with Gasteiger partial charge in [-0.1, -0.05) is 13.8 Å². The highest BCUT2D eigenvalue weighted by atomic mass is 19.1. The number of carbonyl (C=O) groups is 1. The van der Waals surface area contributed by atoms with E-state index in [1.165, 1.54) is 12.3 Å². The molecule has 0 bridgehead atoms. The van der Waals surface area contributed by atoms with Gasteiger partial charge in [-0.25, -0.2) is 9.37 Å². The Morgan fingerprint density at radius 3 is 2.80 bits per heavy atom. The first kappa shape index (κ1) is 14.8. The van der Waals surface area contributed by atoms with E-state index < -0.39 is 5.82 Å². The maximum atomic E-state index is 14.2. The van der Waals surface area contributed by atoms with Gasteiger partial charge in [-0.3, -0.25) is 4.79 Å². The van der Waals surface area contributed by atoms with Gasteiger partial charge in [0.2, 0.25) is 0 Å². The van der Waals surface area contributed by atoms with E-state index >= 15 is 0 Å². The molecule has 1 aromatic rings. The number of nitrogens with one attached hydrogen (secondary N) is 1. The summed E-state index contributed by atoms with van der Waals surface area (Å²) in [6.07, 6.45) is 4.45. The molecule has 0 saturated heterocycles. The van der Waals surface area contributed by atoms with Crippen molar-refractivity contribution in [3.05, 3.63) is 23.6 Å². The Kier molecular flexibility index (Phi) is 4.57. The second-order valence-corrected chi connectivity index (χ2v) is 5.68. The predicted molar refractivity (Wildman–Crippen MR) is 77.3 cm³/mol. The molecule has 0 atom stereocenters. The standard InChI is InChI=1S/C15H22FN3O/c1-10(2)7-9-19(11-4-5-11)15(20)12-6-8-18-14(17-3)13(12)16/h6,8,10-11H,4-5,7,9H2,1-3H3,(H,17,18). The van der Waals surface area contributed by atoms with Gasteiger partial charge in [-0.15, -0.1) is 0 Å². The van der Waals surface area contributed by atoms with E-state index in [-0.39, 0.29) is 23.3 Å². The van der Waals surface area contributed by atoms with Gasteiger partial charge in [-0.05, 0) is 31.2 Å². The Labute approximate surface area is 119 Å². The molecule has 2 rings (SSSR count). The normalized spacial score (nSPS) is 14.4. The Balaban J connectivity index is 2.19. The summed E-state index contributed by atoms with van der Waals surface area (Å²) < 4.78 is 14.2. The highest BCUT2D eigenvalue weighted by molar-refractivity contribution is 5.95. The lowest BCUT2D eigenvalue weighted by Gasteiger charge is -2.24. The van der Waals surface area contributed by atoms with Crippen molar-refractivity contribution in [3.63, 3.8) is 0 Å². The molecule has 0 aliphatic heterocycles. The van der Waals surface area contributed by atoms with Crippen LogP contribution in [0.3, 0.4) is 0 Å². The Hall–Kier alpha value is -1.65. The number of pyridine rings is 1. The van der Waals surface area contributed by atoms with Crippen molar-refractivity contribution in [2.45, 2.75) is 39.2 Å². The van der Waals surface area contributed by atoms with E-state index in [1.807, 2.05) is 4.90 Å². The number of amides is 1. The summed E-state index contributed by atoms with van der Waals surface area (Å²) in [5.41, 5.74) is 0.111. The van der Waals surface area contributed by atoms with Crippen LogP contribution in [0.15, 0.2) is 12.3 Å². The zero-order valence-corrected chi connectivity index (χ0v) is 12.3. The molecule has 1 aromatic heterocycles. The van der Waals surface area contributed by atoms with Gasteiger partial charge in [0.1, 0.15) is 0 Å². The molecule has 4 nitrogen and oxygen atoms in total. The van der Waals surface area contributed by atoms with Gasteiger partial charge in [-0.2, -0.15) is 0 Å². The number of nitrogens with zero attached hydrogens (tertiary/aromatic N) is 2. The molecule has 20 heavy (non-hydrogen) atoms. The fourth-order valence-corrected chi connectivity index (χ4v) is 2.17. The van der Waals surface area contributed by atoms with Crippen LogP contribution in [0.5, 0.6) is 0 Å². The third-order valence-corrected chi connectivity index (χ3v) is 3.55. The average molecular weight is 279 g/mol. The van der Waals surface area contributed by atoms with Crippen molar-refractivity contribution in [3.8, 4) is 0 Å². The van der Waals surface area contributed by atoms with Crippen LogP contribution >= 0.6 is 0 Å². The van der Waals surface area contributed by atoms with Crippen LogP contribution in [0.2, 0.25) is 0 Å². The van der Waals surface area contributed by atoms with Crippen LogP contribution in [0.25, 0.3) is 0 Å². The second kappa shape index (κ2) is 6.20. The first-order chi connectivity index (χ1) is 9.54. The summed E-state index contributed by atoms with van der Waals surface area (Å²) in [5.74, 6) is -0.130. The van der Waals surface area contributed by atoms with Crippen LogP contribution in [-0.4, -0.2) is 35.4 Å². The summed E-state index contributed by atoms with van der Waals surface area (Å²) in [6, 6.07) is 1.75. The summed E-state index contributed by atoms with van der Waals surface area (Å²) in [6.45, 7) is 4.95. The van der Waals surface area contributed by atoms with E-state index in [1.54, 1.807) is 7.05 Å². The Morgan fingerprint density at radius 2 is 2.25 bits per heavy atom. The van der Waals surface area contributed by atoms with Crippen LogP contribution < -0.4 is 5.32 Å². The summed E-state index contributed by atoms with van der Waals surface area (Å²) in [7, 11) is 1.59. The van der Waals surface area contributed by atoms with Crippen molar-refractivity contribution < 1.29 is 9.18 Å². The minimum atomic E-state index is -0.560. The van der Waals surface area contributed by atoms with Gasteiger partial charge >= 0.3 is 0 Å². The number of hydrogen-bond acceptors (Lipinski definition) is 3. The molecule has 1 saturated carbocycles. The third-order valence-electron chi connectivity index (χ3n) is 3.55. The maximum absolute atomic E-state index is 14.2. The maximum Gasteiger partial charge on any atom is 0.257 e. The number of rotatable bonds is 6. The van der Waals surface area contributed by atoms with Gasteiger partial charge in [0.05, 0.1) is 5.56 Å². The zero-order chi connectivity index (χ0) is 14.7. The van der Waals surface area contributed by atoms with Crippen LogP contribution in [0, 0.1) is 11.7 Å². The van der Waals surface area contributed by atoms with E-state index in [9.17, 15) is 9.18 Å². The van der Waals surface area contributed by atoms with Gasteiger partial charge in [0, 0.05) is 25.8 Å². The number of aromatic nitrogens is 1. The lowest BCUT2D eigenvalue weighted by atomic mass is 10.1.